The maximum atomic E-state index is 14.9. The van der Waals surface area contributed by atoms with Crippen LogP contribution in [0.2, 0.25) is 5.02 Å². The second kappa shape index (κ2) is 8.61. The van der Waals surface area contributed by atoms with Crippen molar-refractivity contribution in [2.75, 3.05) is 57.8 Å². The molecular weight excluding hydrogens is 469 g/mol. The number of aromatic nitrogens is 1. The molecule has 1 N–H and O–H groups in total. The molecule has 9 heteroatoms. The maximum Gasteiger partial charge on any atom is 0.261 e. The van der Waals surface area contributed by atoms with Crippen molar-refractivity contribution in [2.24, 2.45) is 5.41 Å². The summed E-state index contributed by atoms with van der Waals surface area (Å²) in [7, 11) is 2.16. The minimum atomic E-state index is -0.405. The molecule has 2 aromatic rings. The number of carbonyl (C=O) groups is 1. The average molecular weight is 500 g/mol. The van der Waals surface area contributed by atoms with Crippen LogP contribution in [0.4, 0.5) is 10.2 Å². The summed E-state index contributed by atoms with van der Waals surface area (Å²) in [5.41, 5.74) is 1.36. The van der Waals surface area contributed by atoms with Crippen LogP contribution < -0.4 is 15.0 Å². The lowest BCUT2D eigenvalue weighted by molar-refractivity contribution is -0.00798. The number of nitrogens with one attached hydrogen (secondary N) is 1. The van der Waals surface area contributed by atoms with Crippen LogP contribution in [0.25, 0.3) is 11.3 Å². The average Bonchev–Trinajstić information content (AvgIpc) is 2.97. The number of likely N-dealkylation sites (tertiary alicyclic amines) is 1. The first kappa shape index (κ1) is 23.0. The third kappa shape index (κ3) is 3.77. The summed E-state index contributed by atoms with van der Waals surface area (Å²) in [5.74, 6) is 0.369. The SMILES string of the molecule is CC1CC2(CCN1c1nc(-c3ccccc3F)c(Cl)c3c1C(=O)N1CCNC[C@@H]1CO3)CN(C)C2. The Morgan fingerprint density at radius 1 is 1.23 bits per heavy atom. The molecule has 2 atom stereocenters. The molecule has 1 unspecified atom stereocenters. The van der Waals surface area contributed by atoms with Gasteiger partial charge in [0.25, 0.3) is 5.91 Å². The fourth-order valence-corrected chi connectivity index (χ4v) is 6.81. The van der Waals surface area contributed by atoms with Crippen molar-refractivity contribution in [3.8, 4) is 17.0 Å². The molecule has 4 aliphatic heterocycles. The normalized spacial score (nSPS) is 26.0. The molecule has 0 saturated carbocycles. The van der Waals surface area contributed by atoms with Gasteiger partial charge < -0.3 is 24.8 Å². The van der Waals surface area contributed by atoms with Gasteiger partial charge in [-0.1, -0.05) is 23.7 Å². The second-order valence-corrected chi connectivity index (χ2v) is 11.0. The Morgan fingerprint density at radius 3 is 2.77 bits per heavy atom. The summed E-state index contributed by atoms with van der Waals surface area (Å²) >= 11 is 6.84. The van der Waals surface area contributed by atoms with Crippen molar-refractivity contribution in [3.63, 3.8) is 0 Å². The fourth-order valence-electron chi connectivity index (χ4n) is 6.52. The number of nitrogens with zero attached hydrogens (tertiary/aromatic N) is 4. The van der Waals surface area contributed by atoms with Crippen molar-refractivity contribution < 1.29 is 13.9 Å². The van der Waals surface area contributed by atoms with E-state index in [9.17, 15) is 9.18 Å². The van der Waals surface area contributed by atoms with Crippen LogP contribution in [0.15, 0.2) is 24.3 Å². The third-order valence-corrected chi connectivity index (χ3v) is 8.43. The van der Waals surface area contributed by atoms with Crippen LogP contribution in [-0.4, -0.2) is 85.7 Å². The number of piperidine rings is 1. The maximum absolute atomic E-state index is 14.9. The van der Waals surface area contributed by atoms with Crippen LogP contribution in [-0.2, 0) is 0 Å². The van der Waals surface area contributed by atoms with E-state index in [4.69, 9.17) is 21.3 Å². The number of piperazine rings is 1. The lowest BCUT2D eigenvalue weighted by atomic mass is 9.70. The van der Waals surface area contributed by atoms with Crippen LogP contribution in [0.3, 0.4) is 0 Å². The molecule has 0 bridgehead atoms. The van der Waals surface area contributed by atoms with Crippen LogP contribution >= 0.6 is 11.6 Å². The van der Waals surface area contributed by atoms with Gasteiger partial charge in [-0.3, -0.25) is 4.79 Å². The zero-order valence-corrected chi connectivity index (χ0v) is 20.9. The number of hydrogen-bond acceptors (Lipinski definition) is 6. The molecule has 0 aliphatic carbocycles. The highest BCUT2D eigenvalue weighted by atomic mass is 35.5. The zero-order chi connectivity index (χ0) is 24.3. The second-order valence-electron chi connectivity index (χ2n) is 10.6. The van der Waals surface area contributed by atoms with Crippen molar-refractivity contribution in [1.82, 2.24) is 20.1 Å². The molecule has 1 amide bonds. The number of rotatable bonds is 2. The Kier molecular flexibility index (Phi) is 5.66. The number of hydrogen-bond donors (Lipinski definition) is 1. The van der Waals surface area contributed by atoms with Gasteiger partial charge in [0.15, 0.2) is 5.75 Å². The lowest BCUT2D eigenvalue weighted by Crippen LogP contribution is -2.61. The summed E-state index contributed by atoms with van der Waals surface area (Å²) in [6, 6.07) is 6.57. The molecule has 4 aliphatic rings. The van der Waals surface area contributed by atoms with Crippen molar-refractivity contribution >= 4 is 23.3 Å². The van der Waals surface area contributed by atoms with Crippen LogP contribution in [0, 0.1) is 11.2 Å². The summed E-state index contributed by atoms with van der Waals surface area (Å²) in [6.45, 7) is 7.50. The molecule has 3 saturated heterocycles. The largest absolute Gasteiger partial charge is 0.489 e. The Balaban J connectivity index is 1.49. The number of amides is 1. The minimum absolute atomic E-state index is 0.0861. The monoisotopic (exact) mass is 499 g/mol. The fraction of sp³-hybridized carbons (Fsp3) is 0.538. The third-order valence-electron chi connectivity index (χ3n) is 8.08. The van der Waals surface area contributed by atoms with Gasteiger partial charge in [0.2, 0.25) is 0 Å². The number of carbonyl (C=O) groups excluding carboxylic acids is 1. The zero-order valence-electron chi connectivity index (χ0n) is 20.2. The first-order valence-corrected chi connectivity index (χ1v) is 12.8. The number of pyridine rings is 1. The lowest BCUT2D eigenvalue weighted by Gasteiger charge is -2.55. The molecule has 5 heterocycles. The van der Waals surface area contributed by atoms with Crippen LogP contribution in [0.5, 0.6) is 5.75 Å². The van der Waals surface area contributed by atoms with Crippen molar-refractivity contribution in [1.29, 1.82) is 0 Å². The molecule has 186 valence electrons. The Bertz CT molecular complexity index is 1170. The van der Waals surface area contributed by atoms with E-state index >= 15 is 0 Å². The summed E-state index contributed by atoms with van der Waals surface area (Å²) < 4.78 is 21.1. The Hall–Kier alpha value is -2.42. The molecule has 3 fully saturated rings. The molecular formula is C26H31ClFN5O2. The van der Waals surface area contributed by atoms with Gasteiger partial charge in [-0.05, 0) is 44.4 Å². The van der Waals surface area contributed by atoms with Gasteiger partial charge >= 0.3 is 0 Å². The molecule has 1 aromatic heterocycles. The van der Waals surface area contributed by atoms with Gasteiger partial charge in [0.05, 0.1) is 11.7 Å². The molecule has 0 radical (unpaired) electrons. The number of ether oxygens (including phenoxy) is 1. The van der Waals surface area contributed by atoms with E-state index < -0.39 is 5.82 Å². The first-order chi connectivity index (χ1) is 16.9. The summed E-state index contributed by atoms with van der Waals surface area (Å²) in [6.07, 6.45) is 2.05. The number of benzene rings is 1. The number of anilines is 1. The molecule has 6 rings (SSSR count). The van der Waals surface area contributed by atoms with Gasteiger partial charge in [-0.15, -0.1) is 0 Å². The predicted octanol–water partition coefficient (Wildman–Crippen LogP) is 3.27. The Morgan fingerprint density at radius 2 is 2.03 bits per heavy atom. The highest BCUT2D eigenvalue weighted by Gasteiger charge is 2.47. The van der Waals surface area contributed by atoms with Crippen molar-refractivity contribution in [3.05, 3.63) is 40.7 Å². The highest BCUT2D eigenvalue weighted by Crippen LogP contribution is 2.47. The molecule has 35 heavy (non-hydrogen) atoms. The first-order valence-electron chi connectivity index (χ1n) is 12.4. The van der Waals surface area contributed by atoms with Crippen molar-refractivity contribution in [2.45, 2.75) is 31.8 Å². The summed E-state index contributed by atoms with van der Waals surface area (Å²) in [4.78, 5) is 25.3. The van der Waals surface area contributed by atoms with Gasteiger partial charge in [-0.2, -0.15) is 0 Å². The van der Waals surface area contributed by atoms with E-state index in [0.717, 1.165) is 39.0 Å². The van der Waals surface area contributed by atoms with E-state index in [1.54, 1.807) is 18.2 Å². The van der Waals surface area contributed by atoms with Gasteiger partial charge in [0, 0.05) is 50.9 Å². The standard InChI is InChI=1S/C26H31ClFN5O2/c1-16-11-26(14-31(2)15-26)7-9-32(16)24-20-23(35-13-17-12-29-8-10-33(17)25(20)34)21(27)22(30-24)18-5-3-4-6-19(18)28/h3-6,16-17,29H,7-15H2,1-2H3/t16?,17-/m1/s1. The molecule has 7 nitrogen and oxygen atoms in total. The van der Waals surface area contributed by atoms with E-state index in [1.165, 1.54) is 6.07 Å². The van der Waals surface area contributed by atoms with E-state index in [2.05, 4.69) is 29.1 Å². The minimum Gasteiger partial charge on any atom is -0.489 e. The predicted molar refractivity (Wildman–Crippen MR) is 134 cm³/mol. The summed E-state index contributed by atoms with van der Waals surface area (Å²) in [5, 5.41) is 3.53. The quantitative estimate of drug-likeness (QED) is 0.684. The van der Waals surface area contributed by atoms with Gasteiger partial charge in [0.1, 0.15) is 28.8 Å². The number of halogens is 2. The highest BCUT2D eigenvalue weighted by molar-refractivity contribution is 6.35. The van der Waals surface area contributed by atoms with E-state index in [-0.39, 0.29) is 23.0 Å². The van der Waals surface area contributed by atoms with Gasteiger partial charge in [-0.25, -0.2) is 9.37 Å². The van der Waals surface area contributed by atoms with E-state index in [0.29, 0.717) is 53.5 Å². The molecule has 1 aromatic carbocycles. The van der Waals surface area contributed by atoms with Crippen LogP contribution in [0.1, 0.15) is 30.1 Å². The molecule has 1 spiro atoms. The number of fused-ring (bicyclic) bond motifs is 2. The smallest absolute Gasteiger partial charge is 0.261 e. The Labute approximate surface area is 210 Å². The van der Waals surface area contributed by atoms with E-state index in [1.807, 2.05) is 4.90 Å². The topological polar surface area (TPSA) is 60.9 Å².